The molecule has 0 amide bonds. The van der Waals surface area contributed by atoms with Crippen LogP contribution >= 0.6 is 0 Å². The zero-order chi connectivity index (χ0) is 21.7. The first kappa shape index (κ1) is 21.3. The number of Topliss-reactive ketones (excluding diaryl/α,β-unsaturated/α-hetero) is 1. The van der Waals surface area contributed by atoms with E-state index in [9.17, 15) is 14.4 Å². The number of ether oxygens (including phenoxy) is 2. The van der Waals surface area contributed by atoms with Crippen LogP contribution in [0.25, 0.3) is 11.0 Å². The lowest BCUT2D eigenvalue weighted by Gasteiger charge is -2.10. The SMILES string of the molecule is CC[C@@H](C)c1ccc(C(=O)COC(=O)COc2ccc3c(C)cc(=O)oc3c2)cc1. The standard InChI is InChI=1S/C24H24O6/c1-4-15(2)17-5-7-18(8-6-17)21(25)13-29-24(27)14-28-19-9-10-20-16(3)11-23(26)30-22(20)12-19/h5-12,15H,4,13-14H2,1-3H3/t15-/m1/s1. The number of aryl methyl sites for hydroxylation is 1. The van der Waals surface area contributed by atoms with Crippen LogP contribution in [-0.2, 0) is 9.53 Å². The van der Waals surface area contributed by atoms with Gasteiger partial charge < -0.3 is 13.9 Å². The molecule has 3 aromatic rings. The maximum atomic E-state index is 12.2. The van der Waals surface area contributed by atoms with Crippen molar-refractivity contribution >= 4 is 22.7 Å². The summed E-state index contributed by atoms with van der Waals surface area (Å²) in [4.78, 5) is 35.7. The van der Waals surface area contributed by atoms with Crippen molar-refractivity contribution in [3.8, 4) is 5.75 Å². The van der Waals surface area contributed by atoms with E-state index in [1.54, 1.807) is 30.3 Å². The molecule has 0 unspecified atom stereocenters. The minimum absolute atomic E-state index is 0.276. The molecule has 1 aromatic heterocycles. The van der Waals surface area contributed by atoms with E-state index in [0.29, 0.717) is 22.8 Å². The van der Waals surface area contributed by atoms with Crippen LogP contribution in [0.1, 0.15) is 47.7 Å². The molecule has 0 aliphatic rings. The predicted octanol–water partition coefficient (Wildman–Crippen LogP) is 4.42. The van der Waals surface area contributed by atoms with Crippen molar-refractivity contribution in [1.82, 2.24) is 0 Å². The van der Waals surface area contributed by atoms with E-state index in [-0.39, 0.29) is 19.0 Å². The van der Waals surface area contributed by atoms with Crippen molar-refractivity contribution < 1.29 is 23.5 Å². The van der Waals surface area contributed by atoms with Gasteiger partial charge in [0, 0.05) is 23.1 Å². The number of ketones is 1. The third kappa shape index (κ3) is 5.14. The van der Waals surface area contributed by atoms with Gasteiger partial charge in [0.2, 0.25) is 0 Å². The van der Waals surface area contributed by atoms with Gasteiger partial charge in [0.25, 0.3) is 0 Å². The van der Waals surface area contributed by atoms with Crippen molar-refractivity contribution in [1.29, 1.82) is 0 Å². The van der Waals surface area contributed by atoms with Crippen LogP contribution in [0.15, 0.2) is 57.7 Å². The lowest BCUT2D eigenvalue weighted by Crippen LogP contribution is -2.19. The van der Waals surface area contributed by atoms with E-state index in [1.807, 2.05) is 19.1 Å². The fourth-order valence-corrected chi connectivity index (χ4v) is 3.04. The van der Waals surface area contributed by atoms with Crippen molar-refractivity contribution in [2.45, 2.75) is 33.1 Å². The van der Waals surface area contributed by atoms with Gasteiger partial charge in [-0.25, -0.2) is 9.59 Å². The second-order valence-electron chi connectivity index (χ2n) is 7.21. The van der Waals surface area contributed by atoms with Crippen molar-refractivity contribution in [2.75, 3.05) is 13.2 Å². The van der Waals surface area contributed by atoms with Crippen LogP contribution in [0.2, 0.25) is 0 Å². The zero-order valence-electron chi connectivity index (χ0n) is 17.3. The Morgan fingerprint density at radius 2 is 1.77 bits per heavy atom. The average molecular weight is 408 g/mol. The van der Waals surface area contributed by atoms with Crippen LogP contribution in [0.4, 0.5) is 0 Å². The molecule has 1 atom stereocenters. The van der Waals surface area contributed by atoms with Crippen LogP contribution in [-0.4, -0.2) is 25.0 Å². The highest BCUT2D eigenvalue weighted by Crippen LogP contribution is 2.22. The summed E-state index contributed by atoms with van der Waals surface area (Å²) in [6.45, 7) is 5.34. The summed E-state index contributed by atoms with van der Waals surface area (Å²) in [6.07, 6.45) is 1.02. The molecule has 0 N–H and O–H groups in total. The fourth-order valence-electron chi connectivity index (χ4n) is 3.04. The van der Waals surface area contributed by atoms with E-state index >= 15 is 0 Å². The monoisotopic (exact) mass is 408 g/mol. The average Bonchev–Trinajstić information content (AvgIpc) is 2.75. The molecule has 0 spiro atoms. The van der Waals surface area contributed by atoms with Crippen molar-refractivity contribution in [2.24, 2.45) is 0 Å². The first-order valence-corrected chi connectivity index (χ1v) is 9.83. The molecule has 30 heavy (non-hydrogen) atoms. The first-order chi connectivity index (χ1) is 14.4. The summed E-state index contributed by atoms with van der Waals surface area (Å²) < 4.78 is 15.6. The van der Waals surface area contributed by atoms with Gasteiger partial charge in [0.15, 0.2) is 19.0 Å². The quantitative estimate of drug-likeness (QED) is 0.312. The highest BCUT2D eigenvalue weighted by atomic mass is 16.6. The van der Waals surface area contributed by atoms with Crippen LogP contribution in [0.5, 0.6) is 5.75 Å². The smallest absolute Gasteiger partial charge is 0.344 e. The Morgan fingerprint density at radius 3 is 2.47 bits per heavy atom. The van der Waals surface area contributed by atoms with E-state index < -0.39 is 11.6 Å². The number of benzene rings is 2. The van der Waals surface area contributed by atoms with Crippen LogP contribution in [0, 0.1) is 6.92 Å². The molecular formula is C24H24O6. The Balaban J connectivity index is 1.53. The second kappa shape index (κ2) is 9.39. The molecule has 0 radical (unpaired) electrons. The molecule has 3 rings (SSSR count). The Hall–Kier alpha value is -3.41. The van der Waals surface area contributed by atoms with E-state index in [1.165, 1.54) is 11.6 Å². The molecule has 0 saturated carbocycles. The molecule has 6 heteroatoms. The van der Waals surface area contributed by atoms with Gasteiger partial charge in [-0.1, -0.05) is 38.1 Å². The van der Waals surface area contributed by atoms with Gasteiger partial charge in [-0.2, -0.15) is 0 Å². The Kier molecular flexibility index (Phi) is 6.67. The summed E-state index contributed by atoms with van der Waals surface area (Å²) in [5, 5.41) is 0.787. The molecule has 0 aliphatic carbocycles. The largest absolute Gasteiger partial charge is 0.482 e. The lowest BCUT2D eigenvalue weighted by atomic mass is 9.97. The molecule has 0 bridgehead atoms. The van der Waals surface area contributed by atoms with Crippen molar-refractivity contribution in [3.63, 3.8) is 0 Å². The molecule has 2 aromatic carbocycles. The van der Waals surface area contributed by atoms with Crippen LogP contribution in [0.3, 0.4) is 0 Å². The van der Waals surface area contributed by atoms with Gasteiger partial charge in [-0.15, -0.1) is 0 Å². The molecular weight excluding hydrogens is 384 g/mol. The molecule has 0 saturated heterocycles. The molecule has 1 heterocycles. The summed E-state index contributed by atoms with van der Waals surface area (Å²) in [6, 6.07) is 13.7. The minimum atomic E-state index is -0.662. The summed E-state index contributed by atoms with van der Waals surface area (Å²) >= 11 is 0. The van der Waals surface area contributed by atoms with Gasteiger partial charge in [-0.05, 0) is 42.5 Å². The summed E-state index contributed by atoms with van der Waals surface area (Å²) in [7, 11) is 0. The third-order valence-electron chi connectivity index (χ3n) is 5.06. The minimum Gasteiger partial charge on any atom is -0.482 e. The Morgan fingerprint density at radius 1 is 1.03 bits per heavy atom. The number of hydrogen-bond acceptors (Lipinski definition) is 6. The highest BCUT2D eigenvalue weighted by molar-refractivity contribution is 5.98. The van der Waals surface area contributed by atoms with Gasteiger partial charge in [-0.3, -0.25) is 4.79 Å². The van der Waals surface area contributed by atoms with Gasteiger partial charge >= 0.3 is 11.6 Å². The maximum Gasteiger partial charge on any atom is 0.344 e. The number of esters is 1. The van der Waals surface area contributed by atoms with Crippen molar-refractivity contribution in [3.05, 3.63) is 75.6 Å². The maximum absolute atomic E-state index is 12.2. The van der Waals surface area contributed by atoms with E-state index in [2.05, 4.69) is 13.8 Å². The molecule has 0 aliphatic heterocycles. The number of fused-ring (bicyclic) bond motifs is 1. The molecule has 156 valence electrons. The van der Waals surface area contributed by atoms with Gasteiger partial charge in [0.1, 0.15) is 11.3 Å². The number of rotatable bonds is 8. The molecule has 6 nitrogen and oxygen atoms in total. The lowest BCUT2D eigenvalue weighted by molar-refractivity contribution is -0.144. The Bertz CT molecular complexity index is 1110. The predicted molar refractivity (Wildman–Crippen MR) is 113 cm³/mol. The van der Waals surface area contributed by atoms with E-state index in [4.69, 9.17) is 13.9 Å². The molecule has 0 fully saturated rings. The zero-order valence-corrected chi connectivity index (χ0v) is 17.3. The van der Waals surface area contributed by atoms with Gasteiger partial charge in [0.05, 0.1) is 0 Å². The summed E-state index contributed by atoms with van der Waals surface area (Å²) in [5.74, 6) is -0.149. The highest BCUT2D eigenvalue weighted by Gasteiger charge is 2.12. The normalized spacial score (nSPS) is 11.8. The number of hydrogen-bond donors (Lipinski definition) is 0. The second-order valence-corrected chi connectivity index (χ2v) is 7.21. The number of carbonyl (C=O) groups excluding carboxylic acids is 2. The fraction of sp³-hybridized carbons (Fsp3) is 0.292. The van der Waals surface area contributed by atoms with Crippen LogP contribution < -0.4 is 10.4 Å². The topological polar surface area (TPSA) is 82.8 Å². The third-order valence-corrected chi connectivity index (χ3v) is 5.06. The first-order valence-electron chi connectivity index (χ1n) is 9.83. The number of carbonyl (C=O) groups is 2. The Labute approximate surface area is 174 Å². The summed E-state index contributed by atoms with van der Waals surface area (Å²) in [5.41, 5.74) is 2.38. The van der Waals surface area contributed by atoms with E-state index in [0.717, 1.165) is 17.4 Å².